The lowest BCUT2D eigenvalue weighted by atomic mass is 10.2. The second-order valence-electron chi connectivity index (χ2n) is 6.55. The van der Waals surface area contributed by atoms with Crippen LogP contribution in [0.15, 0.2) is 53.4 Å². The lowest BCUT2D eigenvalue weighted by Gasteiger charge is -2.15. The highest BCUT2D eigenvalue weighted by Gasteiger charge is 2.17. The Hall–Kier alpha value is -2.38. The van der Waals surface area contributed by atoms with Gasteiger partial charge in [0.15, 0.2) is 6.10 Å². The molecule has 1 unspecified atom stereocenters. The van der Waals surface area contributed by atoms with Crippen molar-refractivity contribution in [3.63, 3.8) is 0 Å². The number of sulfonamides is 1. The molecule has 0 aliphatic carbocycles. The number of anilines is 1. The first kappa shape index (κ1) is 20.9. The number of nitrogens with one attached hydrogen (secondary N) is 2. The molecule has 2 N–H and O–H groups in total. The van der Waals surface area contributed by atoms with E-state index >= 15 is 0 Å². The maximum atomic E-state index is 12.3. The van der Waals surface area contributed by atoms with E-state index < -0.39 is 16.1 Å². The smallest absolute Gasteiger partial charge is 0.265 e. The van der Waals surface area contributed by atoms with Crippen LogP contribution in [0.2, 0.25) is 0 Å². The summed E-state index contributed by atoms with van der Waals surface area (Å²) in [6.45, 7) is 7.24. The number of carbonyl (C=O) groups excluding carboxylic acids is 1. The Morgan fingerprint density at radius 3 is 2.11 bits per heavy atom. The Labute approximate surface area is 161 Å². The highest BCUT2D eigenvalue weighted by molar-refractivity contribution is 7.89. The summed E-state index contributed by atoms with van der Waals surface area (Å²) in [6, 6.07) is 13.4. The van der Waals surface area contributed by atoms with Gasteiger partial charge in [-0.25, -0.2) is 13.1 Å². The molecule has 0 saturated carbocycles. The first-order chi connectivity index (χ1) is 12.7. The molecule has 0 heterocycles. The van der Waals surface area contributed by atoms with Crippen LogP contribution in [0.4, 0.5) is 5.69 Å². The first-order valence-corrected chi connectivity index (χ1v) is 10.4. The van der Waals surface area contributed by atoms with Gasteiger partial charge in [-0.3, -0.25) is 4.79 Å². The van der Waals surface area contributed by atoms with Gasteiger partial charge in [0.25, 0.3) is 5.91 Å². The van der Waals surface area contributed by atoms with Crippen LogP contribution in [0.3, 0.4) is 0 Å². The van der Waals surface area contributed by atoms with Crippen molar-refractivity contribution in [3.05, 3.63) is 54.1 Å². The van der Waals surface area contributed by atoms with E-state index in [4.69, 9.17) is 4.74 Å². The quantitative estimate of drug-likeness (QED) is 0.724. The van der Waals surface area contributed by atoms with Gasteiger partial charge in [0, 0.05) is 11.7 Å². The SMILES string of the molecule is CCc1ccc(OC(C)C(=O)Nc2ccc(S(=O)(=O)NC(C)C)cc2)cc1. The van der Waals surface area contributed by atoms with E-state index in [0.29, 0.717) is 11.4 Å². The monoisotopic (exact) mass is 390 g/mol. The minimum Gasteiger partial charge on any atom is -0.481 e. The van der Waals surface area contributed by atoms with Crippen LogP contribution in [0.5, 0.6) is 5.75 Å². The molecular formula is C20H26N2O4S. The molecule has 0 aliphatic rings. The first-order valence-electron chi connectivity index (χ1n) is 8.90. The van der Waals surface area contributed by atoms with E-state index in [9.17, 15) is 13.2 Å². The molecule has 0 aliphatic heterocycles. The molecule has 27 heavy (non-hydrogen) atoms. The topological polar surface area (TPSA) is 84.5 Å². The second kappa shape index (κ2) is 9.01. The molecule has 2 aromatic carbocycles. The van der Waals surface area contributed by atoms with Crippen LogP contribution in [0, 0.1) is 0 Å². The highest BCUT2D eigenvalue weighted by Crippen LogP contribution is 2.17. The largest absolute Gasteiger partial charge is 0.481 e. The molecule has 146 valence electrons. The van der Waals surface area contributed by atoms with Gasteiger partial charge in [-0.15, -0.1) is 0 Å². The summed E-state index contributed by atoms with van der Waals surface area (Å²) >= 11 is 0. The highest BCUT2D eigenvalue weighted by atomic mass is 32.2. The molecule has 1 atom stereocenters. The Morgan fingerprint density at radius 1 is 1.00 bits per heavy atom. The third kappa shape index (κ3) is 6.08. The average molecular weight is 391 g/mol. The number of rotatable bonds is 8. The fraction of sp³-hybridized carbons (Fsp3) is 0.350. The minimum absolute atomic E-state index is 0.148. The number of amides is 1. The maximum Gasteiger partial charge on any atom is 0.265 e. The van der Waals surface area contributed by atoms with Crippen molar-refractivity contribution in [2.75, 3.05) is 5.32 Å². The number of ether oxygens (including phenoxy) is 1. The van der Waals surface area contributed by atoms with Crippen molar-refractivity contribution in [2.24, 2.45) is 0 Å². The van der Waals surface area contributed by atoms with E-state index in [1.54, 1.807) is 32.9 Å². The van der Waals surface area contributed by atoms with Crippen molar-refractivity contribution in [1.29, 1.82) is 0 Å². The van der Waals surface area contributed by atoms with Crippen LogP contribution in [-0.2, 0) is 21.2 Å². The van der Waals surface area contributed by atoms with Crippen LogP contribution in [-0.4, -0.2) is 26.5 Å². The van der Waals surface area contributed by atoms with Gasteiger partial charge in [0.2, 0.25) is 10.0 Å². The molecule has 0 saturated heterocycles. The second-order valence-corrected chi connectivity index (χ2v) is 8.26. The van der Waals surface area contributed by atoms with Crippen LogP contribution >= 0.6 is 0 Å². The van der Waals surface area contributed by atoms with Gasteiger partial charge in [-0.05, 0) is 69.2 Å². The molecule has 0 fully saturated rings. The molecule has 0 spiro atoms. The lowest BCUT2D eigenvalue weighted by molar-refractivity contribution is -0.122. The standard InChI is InChI=1S/C20H26N2O4S/c1-5-16-6-10-18(11-7-16)26-15(4)20(23)21-17-8-12-19(13-9-17)27(24,25)22-14(2)3/h6-15,22H,5H2,1-4H3,(H,21,23). The van der Waals surface area contributed by atoms with Gasteiger partial charge < -0.3 is 10.1 Å². The van der Waals surface area contributed by atoms with Gasteiger partial charge in [-0.1, -0.05) is 19.1 Å². The van der Waals surface area contributed by atoms with E-state index in [1.165, 1.54) is 17.7 Å². The Morgan fingerprint density at radius 2 is 1.59 bits per heavy atom. The zero-order valence-electron chi connectivity index (χ0n) is 16.0. The number of carbonyl (C=O) groups is 1. The van der Waals surface area contributed by atoms with Crippen molar-refractivity contribution in [1.82, 2.24) is 4.72 Å². The fourth-order valence-corrected chi connectivity index (χ4v) is 3.65. The molecule has 6 nitrogen and oxygen atoms in total. The van der Waals surface area contributed by atoms with Gasteiger partial charge in [-0.2, -0.15) is 0 Å². The average Bonchev–Trinajstić information content (AvgIpc) is 2.61. The third-order valence-electron chi connectivity index (χ3n) is 3.84. The Kier molecular flexibility index (Phi) is 6.98. The predicted molar refractivity (Wildman–Crippen MR) is 106 cm³/mol. The summed E-state index contributed by atoms with van der Waals surface area (Å²) in [6.07, 6.45) is 0.248. The van der Waals surface area contributed by atoms with Crippen LogP contribution < -0.4 is 14.8 Å². The van der Waals surface area contributed by atoms with Crippen LogP contribution in [0.1, 0.15) is 33.3 Å². The number of hydrogen-bond acceptors (Lipinski definition) is 4. The number of aryl methyl sites for hydroxylation is 1. The van der Waals surface area contributed by atoms with Gasteiger partial charge >= 0.3 is 0 Å². The van der Waals surface area contributed by atoms with E-state index in [-0.39, 0.29) is 16.8 Å². The number of benzene rings is 2. The molecule has 2 aromatic rings. The summed E-state index contributed by atoms with van der Waals surface area (Å²) in [7, 11) is -3.56. The summed E-state index contributed by atoms with van der Waals surface area (Å²) in [5.74, 6) is 0.307. The van der Waals surface area contributed by atoms with E-state index in [2.05, 4.69) is 17.0 Å². The molecule has 2 rings (SSSR count). The zero-order valence-corrected chi connectivity index (χ0v) is 16.8. The van der Waals surface area contributed by atoms with Gasteiger partial charge in [0.1, 0.15) is 5.75 Å². The molecule has 7 heteroatoms. The van der Waals surface area contributed by atoms with E-state index in [1.807, 2.05) is 24.3 Å². The summed E-state index contributed by atoms with van der Waals surface area (Å²) in [5, 5.41) is 2.72. The van der Waals surface area contributed by atoms with Crippen molar-refractivity contribution in [3.8, 4) is 5.75 Å². The lowest BCUT2D eigenvalue weighted by Crippen LogP contribution is -2.31. The van der Waals surface area contributed by atoms with Crippen LogP contribution in [0.25, 0.3) is 0 Å². The molecular weight excluding hydrogens is 364 g/mol. The summed E-state index contributed by atoms with van der Waals surface area (Å²) in [5.41, 5.74) is 1.70. The summed E-state index contributed by atoms with van der Waals surface area (Å²) < 4.78 is 32.4. The molecule has 1 amide bonds. The molecule has 0 radical (unpaired) electrons. The van der Waals surface area contributed by atoms with Gasteiger partial charge in [0.05, 0.1) is 4.90 Å². The Balaban J connectivity index is 1.98. The summed E-state index contributed by atoms with van der Waals surface area (Å²) in [4.78, 5) is 12.4. The Bertz CT molecular complexity index is 860. The van der Waals surface area contributed by atoms with Crippen molar-refractivity contribution >= 4 is 21.6 Å². The normalized spacial score (nSPS) is 12.6. The zero-order chi connectivity index (χ0) is 20.0. The van der Waals surface area contributed by atoms with Crippen molar-refractivity contribution in [2.45, 2.75) is 51.2 Å². The molecule has 0 aromatic heterocycles. The fourth-order valence-electron chi connectivity index (χ4n) is 2.40. The number of hydrogen-bond donors (Lipinski definition) is 2. The predicted octanol–water partition coefficient (Wildman–Crippen LogP) is 3.34. The van der Waals surface area contributed by atoms with Crippen molar-refractivity contribution < 1.29 is 17.9 Å². The maximum absolute atomic E-state index is 12.3. The van der Waals surface area contributed by atoms with E-state index in [0.717, 1.165) is 6.42 Å². The third-order valence-corrected chi connectivity index (χ3v) is 5.51. The molecule has 0 bridgehead atoms. The minimum atomic E-state index is -3.56.